The lowest BCUT2D eigenvalue weighted by molar-refractivity contribution is 0.407. The Labute approximate surface area is 115 Å². The lowest BCUT2D eigenvalue weighted by Crippen LogP contribution is -2.40. The van der Waals surface area contributed by atoms with Gasteiger partial charge in [0.2, 0.25) is 5.88 Å². The zero-order valence-corrected chi connectivity index (χ0v) is 11.3. The zero-order valence-electron chi connectivity index (χ0n) is 11.3. The van der Waals surface area contributed by atoms with E-state index < -0.39 is 11.2 Å². The number of aliphatic imine (C=N–C) groups is 1. The van der Waals surface area contributed by atoms with E-state index in [0.29, 0.717) is 5.69 Å². The van der Waals surface area contributed by atoms with Crippen molar-refractivity contribution in [1.82, 2.24) is 9.13 Å². The zero-order chi connectivity index (χ0) is 14.7. The van der Waals surface area contributed by atoms with Crippen molar-refractivity contribution in [2.24, 2.45) is 12.0 Å². The lowest BCUT2D eigenvalue weighted by Gasteiger charge is -2.08. The molecule has 0 fully saturated rings. The SMILES string of the molecule is CCn1c(=O)c(C=Nc2ccccc2)c(O)n(C)c1=O. The summed E-state index contributed by atoms with van der Waals surface area (Å²) in [4.78, 5) is 28.0. The third kappa shape index (κ3) is 2.40. The van der Waals surface area contributed by atoms with Gasteiger partial charge >= 0.3 is 5.69 Å². The summed E-state index contributed by atoms with van der Waals surface area (Å²) >= 11 is 0. The highest BCUT2D eigenvalue weighted by molar-refractivity contribution is 5.84. The molecule has 1 N–H and O–H groups in total. The van der Waals surface area contributed by atoms with E-state index in [1.54, 1.807) is 19.1 Å². The van der Waals surface area contributed by atoms with E-state index in [4.69, 9.17) is 0 Å². The van der Waals surface area contributed by atoms with Gasteiger partial charge in [0.25, 0.3) is 5.56 Å². The summed E-state index contributed by atoms with van der Waals surface area (Å²) in [6.45, 7) is 1.93. The number of hydrogen-bond donors (Lipinski definition) is 1. The summed E-state index contributed by atoms with van der Waals surface area (Å²) in [6.07, 6.45) is 1.28. The fourth-order valence-electron chi connectivity index (χ4n) is 1.83. The van der Waals surface area contributed by atoms with Gasteiger partial charge in [-0.15, -0.1) is 0 Å². The fourth-order valence-corrected chi connectivity index (χ4v) is 1.83. The summed E-state index contributed by atoms with van der Waals surface area (Å²) in [7, 11) is 1.41. The molecule has 6 nitrogen and oxygen atoms in total. The molecule has 2 aromatic rings. The Morgan fingerprint density at radius 1 is 1.25 bits per heavy atom. The molecule has 6 heteroatoms. The van der Waals surface area contributed by atoms with Crippen LogP contribution in [0.3, 0.4) is 0 Å². The molecule has 20 heavy (non-hydrogen) atoms. The minimum atomic E-state index is -0.549. The fraction of sp³-hybridized carbons (Fsp3) is 0.214. The normalized spacial score (nSPS) is 11.1. The molecule has 0 unspecified atom stereocenters. The highest BCUT2D eigenvalue weighted by atomic mass is 16.3. The Hall–Kier alpha value is -2.63. The van der Waals surface area contributed by atoms with Crippen molar-refractivity contribution in [1.29, 1.82) is 0 Å². The van der Waals surface area contributed by atoms with E-state index in [1.165, 1.54) is 13.3 Å². The average Bonchev–Trinajstić information content (AvgIpc) is 2.47. The van der Waals surface area contributed by atoms with E-state index in [9.17, 15) is 14.7 Å². The first kappa shape index (κ1) is 13.8. The van der Waals surface area contributed by atoms with Gasteiger partial charge in [-0.3, -0.25) is 18.9 Å². The Kier molecular flexibility index (Phi) is 3.84. The molecule has 0 bridgehead atoms. The van der Waals surface area contributed by atoms with Crippen molar-refractivity contribution in [3.8, 4) is 5.88 Å². The van der Waals surface area contributed by atoms with Gasteiger partial charge in [-0.25, -0.2) is 4.79 Å². The third-order valence-electron chi connectivity index (χ3n) is 2.97. The van der Waals surface area contributed by atoms with E-state index in [-0.39, 0.29) is 18.0 Å². The van der Waals surface area contributed by atoms with E-state index in [0.717, 1.165) is 9.13 Å². The Bertz CT molecular complexity index is 758. The topological polar surface area (TPSA) is 76.6 Å². The van der Waals surface area contributed by atoms with Crippen LogP contribution in [0.4, 0.5) is 5.69 Å². The predicted molar refractivity (Wildman–Crippen MR) is 77.0 cm³/mol. The number of para-hydroxylation sites is 1. The highest BCUT2D eigenvalue weighted by Crippen LogP contribution is 2.12. The summed E-state index contributed by atoms with van der Waals surface area (Å²) in [5.41, 5.74) is -0.444. The molecular formula is C14H15N3O3. The van der Waals surface area contributed by atoms with Crippen LogP contribution in [0.2, 0.25) is 0 Å². The predicted octanol–water partition coefficient (Wildman–Crippen LogP) is 1.02. The van der Waals surface area contributed by atoms with Crippen molar-refractivity contribution in [2.75, 3.05) is 0 Å². The molecule has 0 spiro atoms. The molecule has 104 valence electrons. The lowest BCUT2D eigenvalue weighted by atomic mass is 10.3. The van der Waals surface area contributed by atoms with E-state index in [1.807, 2.05) is 18.2 Å². The maximum Gasteiger partial charge on any atom is 0.333 e. The van der Waals surface area contributed by atoms with Crippen LogP contribution in [-0.2, 0) is 13.6 Å². The smallest absolute Gasteiger partial charge is 0.333 e. The van der Waals surface area contributed by atoms with Crippen LogP contribution < -0.4 is 11.2 Å². The maximum atomic E-state index is 12.1. The van der Waals surface area contributed by atoms with Crippen molar-refractivity contribution in [2.45, 2.75) is 13.5 Å². The van der Waals surface area contributed by atoms with Gasteiger partial charge < -0.3 is 5.11 Å². The third-order valence-corrected chi connectivity index (χ3v) is 2.97. The van der Waals surface area contributed by atoms with Gasteiger partial charge in [-0.2, -0.15) is 0 Å². The second kappa shape index (κ2) is 5.56. The second-order valence-electron chi connectivity index (χ2n) is 4.22. The van der Waals surface area contributed by atoms with Gasteiger partial charge in [0, 0.05) is 19.8 Å². The van der Waals surface area contributed by atoms with Crippen LogP contribution in [0.15, 0.2) is 44.9 Å². The molecule has 0 radical (unpaired) electrons. The summed E-state index contributed by atoms with van der Waals surface area (Å²) in [6, 6.07) is 9.03. The van der Waals surface area contributed by atoms with E-state index in [2.05, 4.69) is 4.99 Å². The second-order valence-corrected chi connectivity index (χ2v) is 4.22. The van der Waals surface area contributed by atoms with Crippen molar-refractivity contribution in [3.05, 3.63) is 56.7 Å². The number of aromatic nitrogens is 2. The molecular weight excluding hydrogens is 258 g/mol. The van der Waals surface area contributed by atoms with Crippen molar-refractivity contribution >= 4 is 11.9 Å². The molecule has 1 aromatic heterocycles. The Balaban J connectivity index is 2.58. The van der Waals surface area contributed by atoms with Gasteiger partial charge in [-0.05, 0) is 19.1 Å². The first-order valence-electron chi connectivity index (χ1n) is 6.18. The Morgan fingerprint density at radius 3 is 2.50 bits per heavy atom. The number of rotatable bonds is 3. The quantitative estimate of drug-likeness (QED) is 0.848. The molecule has 0 saturated carbocycles. The number of hydrogen-bond acceptors (Lipinski definition) is 4. The molecule has 0 saturated heterocycles. The highest BCUT2D eigenvalue weighted by Gasteiger charge is 2.14. The van der Waals surface area contributed by atoms with Crippen LogP contribution >= 0.6 is 0 Å². The van der Waals surface area contributed by atoms with Gasteiger partial charge in [0.05, 0.1) is 5.69 Å². The number of benzene rings is 1. The molecule has 0 aliphatic rings. The largest absolute Gasteiger partial charge is 0.494 e. The summed E-state index contributed by atoms with van der Waals surface area (Å²) in [5.74, 6) is -0.385. The molecule has 2 rings (SSSR count). The molecule has 1 heterocycles. The monoisotopic (exact) mass is 273 g/mol. The Morgan fingerprint density at radius 2 is 1.90 bits per heavy atom. The summed E-state index contributed by atoms with van der Waals surface area (Å²) in [5, 5.41) is 9.92. The number of nitrogens with zero attached hydrogens (tertiary/aromatic N) is 3. The first-order chi connectivity index (χ1) is 9.56. The number of aromatic hydroxyl groups is 1. The van der Waals surface area contributed by atoms with Gasteiger partial charge in [0.1, 0.15) is 5.56 Å². The van der Waals surface area contributed by atoms with Crippen LogP contribution in [0.1, 0.15) is 12.5 Å². The van der Waals surface area contributed by atoms with Gasteiger partial charge in [-0.1, -0.05) is 18.2 Å². The van der Waals surface area contributed by atoms with Crippen LogP contribution in [-0.4, -0.2) is 20.5 Å². The first-order valence-corrected chi connectivity index (χ1v) is 6.18. The van der Waals surface area contributed by atoms with Crippen LogP contribution in [0.25, 0.3) is 0 Å². The van der Waals surface area contributed by atoms with Crippen LogP contribution in [0.5, 0.6) is 5.88 Å². The summed E-state index contributed by atoms with van der Waals surface area (Å²) < 4.78 is 2.07. The maximum absolute atomic E-state index is 12.1. The van der Waals surface area contributed by atoms with Crippen molar-refractivity contribution < 1.29 is 5.11 Å². The molecule has 0 atom stereocenters. The standard InChI is InChI=1S/C14H15N3O3/c1-3-17-13(19)11(12(18)16(2)14(17)20)9-15-10-7-5-4-6-8-10/h4-9,18H,3H2,1-2H3. The molecule has 1 aromatic carbocycles. The molecule has 0 aliphatic carbocycles. The van der Waals surface area contributed by atoms with E-state index >= 15 is 0 Å². The molecule has 0 aliphatic heterocycles. The van der Waals surface area contributed by atoms with Gasteiger partial charge in [0.15, 0.2) is 0 Å². The van der Waals surface area contributed by atoms with Crippen LogP contribution in [0, 0.1) is 0 Å². The van der Waals surface area contributed by atoms with Crippen molar-refractivity contribution in [3.63, 3.8) is 0 Å². The minimum Gasteiger partial charge on any atom is -0.494 e. The average molecular weight is 273 g/mol. The minimum absolute atomic E-state index is 0.00203. The molecule has 0 amide bonds.